The van der Waals surface area contributed by atoms with Crippen LogP contribution >= 0.6 is 0 Å². The van der Waals surface area contributed by atoms with Gasteiger partial charge in [-0.1, -0.05) is 19.8 Å². The maximum absolute atomic E-state index is 12.1. The molecule has 1 aliphatic heterocycles. The largest absolute Gasteiger partial charge is 0.352 e. The van der Waals surface area contributed by atoms with Crippen LogP contribution in [0.25, 0.3) is 0 Å². The first-order valence-electron chi connectivity index (χ1n) is 6.41. The van der Waals surface area contributed by atoms with Crippen molar-refractivity contribution in [1.82, 2.24) is 0 Å². The number of ether oxygens (including phenoxy) is 2. The van der Waals surface area contributed by atoms with Crippen LogP contribution in [0.1, 0.15) is 32.6 Å². The molecule has 1 heterocycles. The second kappa shape index (κ2) is 5.91. The fraction of sp³-hybridized carbons (Fsp3) is 0.846. The maximum Gasteiger partial charge on any atom is 0.266 e. The number of hydrogen-bond donors (Lipinski definition) is 0. The van der Waals surface area contributed by atoms with E-state index in [-0.39, 0.29) is 12.2 Å². The third-order valence-corrected chi connectivity index (χ3v) is 3.76. The van der Waals surface area contributed by atoms with Gasteiger partial charge in [-0.2, -0.15) is 8.78 Å². The molecule has 0 aromatic heterocycles. The van der Waals surface area contributed by atoms with Crippen molar-refractivity contribution in [3.8, 4) is 0 Å². The minimum atomic E-state index is -1.65. The average molecular weight is 246 g/mol. The molecule has 0 spiro atoms. The van der Waals surface area contributed by atoms with Gasteiger partial charge in [-0.05, 0) is 24.8 Å². The van der Waals surface area contributed by atoms with Gasteiger partial charge < -0.3 is 9.47 Å². The summed E-state index contributed by atoms with van der Waals surface area (Å²) in [6.07, 6.45) is 3.81. The number of hydrogen-bond acceptors (Lipinski definition) is 2. The second-order valence-corrected chi connectivity index (χ2v) is 5.27. The van der Waals surface area contributed by atoms with E-state index in [0.29, 0.717) is 19.1 Å². The van der Waals surface area contributed by atoms with Crippen LogP contribution in [-0.4, -0.2) is 19.5 Å². The fourth-order valence-electron chi connectivity index (χ4n) is 2.64. The maximum atomic E-state index is 12.1. The summed E-state index contributed by atoms with van der Waals surface area (Å²) in [5, 5.41) is 0. The second-order valence-electron chi connectivity index (χ2n) is 5.27. The van der Waals surface area contributed by atoms with Crippen molar-refractivity contribution in [2.45, 2.75) is 38.9 Å². The summed E-state index contributed by atoms with van der Waals surface area (Å²) in [6.45, 7) is 2.98. The Kier molecular flexibility index (Phi) is 4.51. The van der Waals surface area contributed by atoms with Gasteiger partial charge in [0.1, 0.15) is 0 Å². The van der Waals surface area contributed by atoms with E-state index in [2.05, 4.69) is 6.92 Å². The van der Waals surface area contributed by atoms with Crippen LogP contribution in [0.2, 0.25) is 0 Å². The molecule has 98 valence electrons. The molecule has 17 heavy (non-hydrogen) atoms. The SMILES string of the molecule is CC1CCC(C2OCC(C=C(F)F)CO2)CC1. The van der Waals surface area contributed by atoms with E-state index in [4.69, 9.17) is 9.47 Å². The van der Waals surface area contributed by atoms with Crippen molar-refractivity contribution in [1.29, 1.82) is 0 Å². The molecule has 0 bridgehead atoms. The van der Waals surface area contributed by atoms with Gasteiger partial charge in [-0.25, -0.2) is 0 Å². The normalized spacial score (nSPS) is 38.8. The van der Waals surface area contributed by atoms with E-state index in [1.807, 2.05) is 0 Å². The molecule has 0 aromatic rings. The molecule has 1 aliphatic carbocycles. The summed E-state index contributed by atoms with van der Waals surface area (Å²) in [5.41, 5.74) is 0. The highest BCUT2D eigenvalue weighted by Crippen LogP contribution is 2.33. The molecular formula is C13H20F2O2. The Morgan fingerprint density at radius 1 is 1.06 bits per heavy atom. The fourth-order valence-corrected chi connectivity index (χ4v) is 2.64. The molecule has 4 heteroatoms. The zero-order valence-electron chi connectivity index (χ0n) is 10.2. The predicted molar refractivity (Wildman–Crippen MR) is 60.6 cm³/mol. The molecular weight excluding hydrogens is 226 g/mol. The van der Waals surface area contributed by atoms with Crippen molar-refractivity contribution >= 4 is 0 Å². The molecule has 1 saturated carbocycles. The summed E-state index contributed by atoms with van der Waals surface area (Å²) >= 11 is 0. The first-order chi connectivity index (χ1) is 8.15. The molecule has 0 amide bonds. The van der Waals surface area contributed by atoms with E-state index in [9.17, 15) is 8.78 Å². The lowest BCUT2D eigenvalue weighted by Crippen LogP contribution is -2.37. The van der Waals surface area contributed by atoms with Gasteiger partial charge in [0.2, 0.25) is 0 Å². The van der Waals surface area contributed by atoms with Crippen molar-refractivity contribution < 1.29 is 18.3 Å². The van der Waals surface area contributed by atoms with Crippen LogP contribution in [0.3, 0.4) is 0 Å². The Bertz CT molecular complexity index is 261. The van der Waals surface area contributed by atoms with Crippen molar-refractivity contribution in [2.24, 2.45) is 17.8 Å². The Morgan fingerprint density at radius 3 is 2.18 bits per heavy atom. The Labute approximate surface area is 101 Å². The molecule has 0 unspecified atom stereocenters. The standard InChI is InChI=1S/C13H20F2O2/c1-9-2-4-11(5-3-9)13-16-7-10(8-17-13)6-12(14)15/h6,9-11,13H,2-5,7-8H2,1H3. The van der Waals surface area contributed by atoms with Gasteiger partial charge >= 0.3 is 0 Å². The minimum absolute atomic E-state index is 0.171. The highest BCUT2D eigenvalue weighted by atomic mass is 19.3. The van der Waals surface area contributed by atoms with Crippen LogP contribution in [0.4, 0.5) is 8.78 Å². The van der Waals surface area contributed by atoms with Gasteiger partial charge in [0, 0.05) is 11.8 Å². The average Bonchev–Trinajstić information content (AvgIpc) is 2.30. The van der Waals surface area contributed by atoms with Crippen LogP contribution in [-0.2, 0) is 9.47 Å². The number of halogens is 2. The van der Waals surface area contributed by atoms with Gasteiger partial charge in [0.15, 0.2) is 6.29 Å². The van der Waals surface area contributed by atoms with E-state index < -0.39 is 6.08 Å². The third-order valence-electron chi connectivity index (χ3n) is 3.76. The highest BCUT2D eigenvalue weighted by molar-refractivity contribution is 4.89. The summed E-state index contributed by atoms with van der Waals surface area (Å²) in [7, 11) is 0. The smallest absolute Gasteiger partial charge is 0.266 e. The molecule has 2 aliphatic rings. The lowest BCUT2D eigenvalue weighted by molar-refractivity contribution is -0.223. The zero-order valence-corrected chi connectivity index (χ0v) is 10.2. The van der Waals surface area contributed by atoms with Crippen LogP contribution in [0.5, 0.6) is 0 Å². The van der Waals surface area contributed by atoms with Crippen molar-refractivity contribution in [3.05, 3.63) is 12.2 Å². The lowest BCUT2D eigenvalue weighted by Gasteiger charge is -2.36. The van der Waals surface area contributed by atoms with Crippen molar-refractivity contribution in [2.75, 3.05) is 13.2 Å². The zero-order chi connectivity index (χ0) is 12.3. The molecule has 0 aromatic carbocycles. The van der Waals surface area contributed by atoms with Gasteiger partial charge in [0.25, 0.3) is 6.08 Å². The number of rotatable bonds is 2. The van der Waals surface area contributed by atoms with E-state index in [1.165, 1.54) is 12.8 Å². The summed E-state index contributed by atoms with van der Waals surface area (Å²) < 4.78 is 35.3. The first-order valence-corrected chi connectivity index (χ1v) is 6.41. The molecule has 1 saturated heterocycles. The minimum Gasteiger partial charge on any atom is -0.352 e. The molecule has 0 N–H and O–H groups in total. The van der Waals surface area contributed by atoms with Gasteiger partial charge in [-0.3, -0.25) is 0 Å². The molecule has 0 atom stereocenters. The summed E-state index contributed by atoms with van der Waals surface area (Å²) in [6, 6.07) is 0. The van der Waals surface area contributed by atoms with Crippen LogP contribution in [0.15, 0.2) is 12.2 Å². The Morgan fingerprint density at radius 2 is 1.65 bits per heavy atom. The third kappa shape index (κ3) is 3.75. The van der Waals surface area contributed by atoms with Gasteiger partial charge in [-0.15, -0.1) is 0 Å². The quantitative estimate of drug-likeness (QED) is 0.741. The topological polar surface area (TPSA) is 18.5 Å². The van der Waals surface area contributed by atoms with Crippen LogP contribution in [0, 0.1) is 17.8 Å². The highest BCUT2D eigenvalue weighted by Gasteiger charge is 2.31. The Hall–Kier alpha value is -0.480. The molecule has 2 nitrogen and oxygen atoms in total. The monoisotopic (exact) mass is 246 g/mol. The van der Waals surface area contributed by atoms with Crippen LogP contribution < -0.4 is 0 Å². The van der Waals surface area contributed by atoms with Crippen molar-refractivity contribution in [3.63, 3.8) is 0 Å². The Balaban J connectivity index is 1.77. The lowest BCUT2D eigenvalue weighted by atomic mass is 9.82. The van der Waals surface area contributed by atoms with Gasteiger partial charge in [0.05, 0.1) is 13.2 Å². The predicted octanol–water partition coefficient (Wildman–Crippen LogP) is 3.58. The van der Waals surface area contributed by atoms with E-state index in [0.717, 1.165) is 24.8 Å². The summed E-state index contributed by atoms with van der Waals surface area (Å²) in [5.74, 6) is 0.955. The molecule has 0 radical (unpaired) electrons. The molecule has 2 fully saturated rings. The summed E-state index contributed by atoms with van der Waals surface area (Å²) in [4.78, 5) is 0. The first kappa shape index (κ1) is 13.0. The molecule has 2 rings (SSSR count). The van der Waals surface area contributed by atoms with E-state index >= 15 is 0 Å². The van der Waals surface area contributed by atoms with E-state index in [1.54, 1.807) is 0 Å².